The van der Waals surface area contributed by atoms with Crippen LogP contribution in [0.4, 0.5) is 4.79 Å². The van der Waals surface area contributed by atoms with E-state index in [9.17, 15) is 14.4 Å². The predicted molar refractivity (Wildman–Crippen MR) is 90.1 cm³/mol. The fourth-order valence-corrected chi connectivity index (χ4v) is 2.67. The highest BCUT2D eigenvalue weighted by atomic mass is 16.6. The minimum absolute atomic E-state index is 0.111. The summed E-state index contributed by atoms with van der Waals surface area (Å²) in [6.07, 6.45) is -0.899. The second-order valence-electron chi connectivity index (χ2n) is 5.71. The van der Waals surface area contributed by atoms with E-state index in [0.29, 0.717) is 0 Å². The number of hydrogen-bond acceptors (Lipinski definition) is 7. The highest BCUT2D eigenvalue weighted by Gasteiger charge is 2.42. The summed E-state index contributed by atoms with van der Waals surface area (Å²) >= 11 is 0. The lowest BCUT2D eigenvalue weighted by atomic mass is 10.2. The van der Waals surface area contributed by atoms with Crippen molar-refractivity contribution in [1.82, 2.24) is 4.90 Å². The van der Waals surface area contributed by atoms with E-state index in [0.717, 1.165) is 5.56 Å². The summed E-state index contributed by atoms with van der Waals surface area (Å²) in [6, 6.07) is 8.42. The standard InChI is InChI=1S/C18H23NO7/c1-3-24-16(20)12-25-14-9-15(19(10-14)18(22)23-2)17(21)26-11-13-7-5-4-6-8-13/h4-8,14-15H,3,9-12H2,1-2H3/t14-,15+/m1/s1. The molecule has 8 heteroatoms. The van der Waals surface area contributed by atoms with Crippen LogP contribution < -0.4 is 0 Å². The Bertz CT molecular complexity index is 619. The normalized spacial score (nSPS) is 19.1. The second kappa shape index (κ2) is 9.76. The van der Waals surface area contributed by atoms with Crippen molar-refractivity contribution in [3.05, 3.63) is 35.9 Å². The van der Waals surface area contributed by atoms with Gasteiger partial charge in [-0.3, -0.25) is 4.90 Å². The maximum absolute atomic E-state index is 12.4. The van der Waals surface area contributed by atoms with Crippen molar-refractivity contribution in [2.75, 3.05) is 26.9 Å². The van der Waals surface area contributed by atoms with Crippen molar-refractivity contribution < 1.29 is 33.3 Å². The van der Waals surface area contributed by atoms with E-state index < -0.39 is 30.2 Å². The first-order valence-corrected chi connectivity index (χ1v) is 8.37. The van der Waals surface area contributed by atoms with Crippen molar-refractivity contribution in [1.29, 1.82) is 0 Å². The number of carbonyl (C=O) groups excluding carboxylic acids is 3. The van der Waals surface area contributed by atoms with E-state index in [4.69, 9.17) is 18.9 Å². The number of benzene rings is 1. The molecule has 0 aromatic heterocycles. The smallest absolute Gasteiger partial charge is 0.410 e. The average Bonchev–Trinajstić information content (AvgIpc) is 3.09. The van der Waals surface area contributed by atoms with Crippen LogP contribution >= 0.6 is 0 Å². The van der Waals surface area contributed by atoms with Gasteiger partial charge in [0.05, 0.1) is 26.4 Å². The Morgan fingerprint density at radius 3 is 2.54 bits per heavy atom. The summed E-state index contributed by atoms with van der Waals surface area (Å²) in [5.41, 5.74) is 0.846. The molecule has 0 aliphatic carbocycles. The molecule has 1 aromatic rings. The zero-order valence-electron chi connectivity index (χ0n) is 14.9. The molecule has 0 spiro atoms. The number of amides is 1. The van der Waals surface area contributed by atoms with E-state index in [1.165, 1.54) is 12.0 Å². The molecule has 1 aliphatic rings. The molecule has 2 atom stereocenters. The fourth-order valence-electron chi connectivity index (χ4n) is 2.67. The maximum Gasteiger partial charge on any atom is 0.410 e. The van der Waals surface area contributed by atoms with Gasteiger partial charge in [-0.2, -0.15) is 0 Å². The number of methoxy groups -OCH3 is 1. The number of nitrogens with zero attached hydrogens (tertiary/aromatic N) is 1. The third-order valence-corrected chi connectivity index (χ3v) is 3.91. The third kappa shape index (κ3) is 5.45. The van der Waals surface area contributed by atoms with Gasteiger partial charge in [-0.05, 0) is 12.5 Å². The summed E-state index contributed by atoms with van der Waals surface area (Å²) < 4.78 is 20.3. The quantitative estimate of drug-likeness (QED) is 0.534. The van der Waals surface area contributed by atoms with Gasteiger partial charge in [0.15, 0.2) is 0 Å². The number of hydrogen-bond donors (Lipinski definition) is 0. The van der Waals surface area contributed by atoms with Gasteiger partial charge in [-0.1, -0.05) is 30.3 Å². The minimum Gasteiger partial charge on any atom is -0.464 e. The highest BCUT2D eigenvalue weighted by Crippen LogP contribution is 2.23. The Labute approximate surface area is 152 Å². The molecular formula is C18H23NO7. The van der Waals surface area contributed by atoms with Crippen LogP contribution in [0.2, 0.25) is 0 Å². The Morgan fingerprint density at radius 1 is 1.15 bits per heavy atom. The summed E-state index contributed by atoms with van der Waals surface area (Å²) in [6.45, 7) is 1.97. The van der Waals surface area contributed by atoms with Crippen molar-refractivity contribution in [2.24, 2.45) is 0 Å². The van der Waals surface area contributed by atoms with Gasteiger partial charge in [0.25, 0.3) is 0 Å². The van der Waals surface area contributed by atoms with E-state index in [2.05, 4.69) is 0 Å². The molecule has 0 N–H and O–H groups in total. The maximum atomic E-state index is 12.4. The van der Waals surface area contributed by atoms with Gasteiger partial charge in [-0.15, -0.1) is 0 Å². The number of ether oxygens (including phenoxy) is 4. The SMILES string of the molecule is CCOC(=O)CO[C@@H]1C[C@@H](C(=O)OCc2ccccc2)N(C(=O)OC)C1. The van der Waals surface area contributed by atoms with Gasteiger partial charge in [0.2, 0.25) is 0 Å². The molecule has 0 radical (unpaired) electrons. The van der Waals surface area contributed by atoms with Crippen molar-refractivity contribution >= 4 is 18.0 Å². The number of rotatable bonds is 7. The lowest BCUT2D eigenvalue weighted by molar-refractivity contribution is -0.150. The number of esters is 2. The van der Waals surface area contributed by atoms with Gasteiger partial charge in [-0.25, -0.2) is 14.4 Å². The van der Waals surface area contributed by atoms with Crippen LogP contribution in [0.25, 0.3) is 0 Å². The van der Waals surface area contributed by atoms with Gasteiger partial charge in [0.1, 0.15) is 19.3 Å². The molecule has 1 saturated heterocycles. The molecule has 0 saturated carbocycles. The molecule has 0 unspecified atom stereocenters. The highest BCUT2D eigenvalue weighted by molar-refractivity contribution is 5.82. The Hall–Kier alpha value is -2.61. The van der Waals surface area contributed by atoms with E-state index in [1.54, 1.807) is 6.92 Å². The zero-order chi connectivity index (χ0) is 18.9. The molecule has 142 valence electrons. The van der Waals surface area contributed by atoms with E-state index in [-0.39, 0.29) is 32.8 Å². The average molecular weight is 365 g/mol. The first-order valence-electron chi connectivity index (χ1n) is 8.37. The lowest BCUT2D eigenvalue weighted by Gasteiger charge is -2.21. The first kappa shape index (κ1) is 19.7. The third-order valence-electron chi connectivity index (χ3n) is 3.91. The van der Waals surface area contributed by atoms with Gasteiger partial charge in [0, 0.05) is 6.42 Å². The van der Waals surface area contributed by atoms with Gasteiger partial charge >= 0.3 is 18.0 Å². The summed E-state index contributed by atoms with van der Waals surface area (Å²) in [4.78, 5) is 37.0. The lowest BCUT2D eigenvalue weighted by Crippen LogP contribution is -2.41. The minimum atomic E-state index is -0.821. The summed E-state index contributed by atoms with van der Waals surface area (Å²) in [5, 5.41) is 0. The molecule has 1 amide bonds. The Kier molecular flexibility index (Phi) is 7.40. The molecule has 1 heterocycles. The molecule has 0 bridgehead atoms. The van der Waals surface area contributed by atoms with Gasteiger partial charge < -0.3 is 18.9 Å². The monoisotopic (exact) mass is 365 g/mol. The van der Waals surface area contributed by atoms with Crippen molar-refractivity contribution in [2.45, 2.75) is 32.1 Å². The zero-order valence-corrected chi connectivity index (χ0v) is 14.9. The summed E-state index contributed by atoms with van der Waals surface area (Å²) in [7, 11) is 1.24. The van der Waals surface area contributed by atoms with E-state index in [1.807, 2.05) is 30.3 Å². The van der Waals surface area contributed by atoms with Crippen LogP contribution in [0, 0.1) is 0 Å². The Morgan fingerprint density at radius 2 is 1.88 bits per heavy atom. The molecule has 2 rings (SSSR count). The van der Waals surface area contributed by atoms with Crippen LogP contribution in [0.5, 0.6) is 0 Å². The molecule has 1 aromatic carbocycles. The molecular weight excluding hydrogens is 342 g/mol. The van der Waals surface area contributed by atoms with Crippen LogP contribution in [-0.2, 0) is 35.1 Å². The van der Waals surface area contributed by atoms with Crippen molar-refractivity contribution in [3.63, 3.8) is 0 Å². The predicted octanol–water partition coefficient (Wildman–Crippen LogP) is 1.52. The summed E-state index contributed by atoms with van der Waals surface area (Å²) in [5.74, 6) is -1.03. The molecule has 8 nitrogen and oxygen atoms in total. The van der Waals surface area contributed by atoms with Crippen LogP contribution in [0.15, 0.2) is 30.3 Å². The molecule has 1 fully saturated rings. The second-order valence-corrected chi connectivity index (χ2v) is 5.71. The first-order chi connectivity index (χ1) is 12.5. The topological polar surface area (TPSA) is 91.4 Å². The largest absolute Gasteiger partial charge is 0.464 e. The van der Waals surface area contributed by atoms with Crippen LogP contribution in [-0.4, -0.2) is 61.9 Å². The Balaban J connectivity index is 1.93. The number of carbonyl (C=O) groups is 3. The van der Waals surface area contributed by atoms with E-state index >= 15 is 0 Å². The number of likely N-dealkylation sites (tertiary alicyclic amines) is 1. The van der Waals surface area contributed by atoms with Crippen molar-refractivity contribution in [3.8, 4) is 0 Å². The van der Waals surface area contributed by atoms with Crippen LogP contribution in [0.3, 0.4) is 0 Å². The fraction of sp³-hybridized carbons (Fsp3) is 0.500. The molecule has 26 heavy (non-hydrogen) atoms. The molecule has 1 aliphatic heterocycles. The van der Waals surface area contributed by atoms with Crippen LogP contribution in [0.1, 0.15) is 18.9 Å².